The highest BCUT2D eigenvalue weighted by atomic mass is 32.2. The van der Waals surface area contributed by atoms with Crippen LogP contribution in [0.4, 0.5) is 8.78 Å². The van der Waals surface area contributed by atoms with Crippen molar-refractivity contribution in [2.75, 3.05) is 6.54 Å². The van der Waals surface area contributed by atoms with Crippen molar-refractivity contribution in [3.05, 3.63) is 77.5 Å². The lowest BCUT2D eigenvalue weighted by atomic mass is 10.0. The van der Waals surface area contributed by atoms with E-state index in [-0.39, 0.29) is 42.8 Å². The minimum Gasteiger partial charge on any atom is -0.471 e. The Morgan fingerprint density at radius 2 is 1.77 bits per heavy atom. The maximum atomic E-state index is 14.7. The SMILES string of the molecule is Cc1nc2cccc(F)c2nc1O[C@@H]1C[C@H]2C(=O)N[C@]3(C(=O)NS(=O)(=O)C4CC4)CC3/C=C\CCCCC[C@H](NC(=O)c3ccccc3F)C(=O)N2C1. The summed E-state index contributed by atoms with van der Waals surface area (Å²) in [5.41, 5.74) is -1.17. The van der Waals surface area contributed by atoms with Crippen LogP contribution < -0.4 is 20.1 Å². The molecule has 1 unspecified atom stereocenters. The summed E-state index contributed by atoms with van der Waals surface area (Å²) in [6.45, 7) is 1.48. The summed E-state index contributed by atoms with van der Waals surface area (Å²) in [4.78, 5) is 65.7. The fraction of sp³-hybridized carbons (Fsp3) is 0.459. The van der Waals surface area contributed by atoms with Gasteiger partial charge in [-0.3, -0.25) is 23.9 Å². The van der Waals surface area contributed by atoms with E-state index < -0.39 is 80.2 Å². The molecule has 0 bridgehead atoms. The van der Waals surface area contributed by atoms with Gasteiger partial charge >= 0.3 is 0 Å². The number of aromatic nitrogens is 2. The number of halogens is 2. The average molecular weight is 751 g/mol. The molecule has 2 saturated carbocycles. The van der Waals surface area contributed by atoms with E-state index in [0.29, 0.717) is 43.3 Å². The number of para-hydroxylation sites is 1. The van der Waals surface area contributed by atoms with Crippen LogP contribution in [0.3, 0.4) is 0 Å². The molecular formula is C37H40F2N6O7S. The van der Waals surface area contributed by atoms with Crippen LogP contribution in [0.2, 0.25) is 0 Å². The highest BCUT2D eigenvalue weighted by Crippen LogP contribution is 2.46. The monoisotopic (exact) mass is 750 g/mol. The Kier molecular flexibility index (Phi) is 9.91. The standard InChI is InChI=1S/C37H40F2N6O7S/c1-21-34(42-31-27(39)13-9-15-28(31)40-21)52-23-18-30-33(47)43-37(36(49)44-53(50,51)24-16-17-24)19-22(37)10-5-3-2-4-6-14-29(35(48)45(30)20-23)41-32(46)25-11-7-8-12-26(25)38/h5,7-13,15,22-24,29-30H,2-4,6,14,16-20H2,1H3,(H,41,46)(H,43,47)(H,44,49)/b10-5-/t22?,23-,29+,30+,37-/m1/s1. The third-order valence-corrected chi connectivity index (χ3v) is 12.1. The zero-order valence-corrected chi connectivity index (χ0v) is 29.8. The van der Waals surface area contributed by atoms with Gasteiger partial charge in [0.2, 0.25) is 27.7 Å². The lowest BCUT2D eigenvalue weighted by Crippen LogP contribution is -2.58. The molecule has 280 valence electrons. The van der Waals surface area contributed by atoms with Gasteiger partial charge in [0.15, 0.2) is 5.82 Å². The number of hydrogen-bond donors (Lipinski definition) is 3. The molecule has 1 saturated heterocycles. The van der Waals surface area contributed by atoms with Crippen LogP contribution in [0, 0.1) is 24.5 Å². The van der Waals surface area contributed by atoms with Gasteiger partial charge in [0.25, 0.3) is 11.8 Å². The number of nitrogens with zero attached hydrogens (tertiary/aromatic N) is 3. The molecule has 5 atom stereocenters. The van der Waals surface area contributed by atoms with Crippen molar-refractivity contribution in [2.24, 2.45) is 5.92 Å². The first-order valence-electron chi connectivity index (χ1n) is 17.9. The molecule has 3 fully saturated rings. The van der Waals surface area contributed by atoms with E-state index in [4.69, 9.17) is 4.74 Å². The summed E-state index contributed by atoms with van der Waals surface area (Å²) in [7, 11) is -3.93. The van der Waals surface area contributed by atoms with Crippen molar-refractivity contribution in [2.45, 2.75) is 93.7 Å². The van der Waals surface area contributed by atoms with Crippen molar-refractivity contribution in [1.29, 1.82) is 0 Å². The van der Waals surface area contributed by atoms with Crippen molar-refractivity contribution in [1.82, 2.24) is 30.2 Å². The summed E-state index contributed by atoms with van der Waals surface area (Å²) < 4.78 is 63.2. The molecule has 13 nitrogen and oxygen atoms in total. The smallest absolute Gasteiger partial charge is 0.259 e. The number of amides is 4. The Hall–Kier alpha value is -4.99. The van der Waals surface area contributed by atoms with Crippen LogP contribution in [0.15, 0.2) is 54.6 Å². The van der Waals surface area contributed by atoms with E-state index in [2.05, 4.69) is 25.3 Å². The normalized spacial score (nSPS) is 27.0. The number of benzene rings is 2. The third-order valence-electron chi connectivity index (χ3n) is 10.3. The fourth-order valence-electron chi connectivity index (χ4n) is 7.11. The molecule has 53 heavy (non-hydrogen) atoms. The topological polar surface area (TPSA) is 177 Å². The largest absolute Gasteiger partial charge is 0.471 e. The zero-order chi connectivity index (χ0) is 37.5. The van der Waals surface area contributed by atoms with Gasteiger partial charge < -0.3 is 20.3 Å². The second kappa shape index (κ2) is 14.4. The number of sulfonamides is 1. The molecule has 1 aromatic heterocycles. The first-order chi connectivity index (χ1) is 25.4. The van der Waals surface area contributed by atoms with Crippen molar-refractivity contribution >= 4 is 44.7 Å². The summed E-state index contributed by atoms with van der Waals surface area (Å²) in [6.07, 6.45) is 6.56. The number of aryl methyl sites for hydroxylation is 1. The number of hydrogen-bond acceptors (Lipinski definition) is 9. The molecule has 3 heterocycles. The number of fused-ring (bicyclic) bond motifs is 3. The number of allylic oxidation sites excluding steroid dienone is 1. The molecule has 0 spiro atoms. The number of rotatable bonds is 7. The van der Waals surface area contributed by atoms with Gasteiger partial charge in [0.1, 0.15) is 40.8 Å². The number of ether oxygens (including phenoxy) is 1. The van der Waals surface area contributed by atoms with Crippen LogP contribution in [0.1, 0.15) is 73.8 Å². The Balaban J connectivity index is 1.20. The molecule has 7 rings (SSSR count). The molecule has 2 aliphatic heterocycles. The molecular weight excluding hydrogens is 711 g/mol. The zero-order valence-electron chi connectivity index (χ0n) is 29.0. The third kappa shape index (κ3) is 7.59. The summed E-state index contributed by atoms with van der Waals surface area (Å²) >= 11 is 0. The van der Waals surface area contributed by atoms with Crippen LogP contribution in [0.5, 0.6) is 5.88 Å². The Morgan fingerprint density at radius 3 is 2.55 bits per heavy atom. The van der Waals surface area contributed by atoms with E-state index >= 15 is 0 Å². The van der Waals surface area contributed by atoms with Gasteiger partial charge in [-0.15, -0.1) is 0 Å². The molecule has 2 aromatic carbocycles. The quantitative estimate of drug-likeness (QED) is 0.306. The Morgan fingerprint density at radius 1 is 1.00 bits per heavy atom. The maximum Gasteiger partial charge on any atom is 0.259 e. The van der Waals surface area contributed by atoms with E-state index in [1.807, 2.05) is 12.2 Å². The van der Waals surface area contributed by atoms with Crippen LogP contribution in [-0.2, 0) is 24.4 Å². The molecule has 2 aliphatic carbocycles. The summed E-state index contributed by atoms with van der Waals surface area (Å²) in [5.74, 6) is -4.84. The molecule has 3 aromatic rings. The summed E-state index contributed by atoms with van der Waals surface area (Å²) in [5, 5.41) is 4.81. The number of carbonyl (C=O) groups excluding carboxylic acids is 4. The highest BCUT2D eigenvalue weighted by molar-refractivity contribution is 7.91. The first kappa shape index (κ1) is 36.4. The molecule has 4 aliphatic rings. The summed E-state index contributed by atoms with van der Waals surface area (Å²) in [6, 6.07) is 7.36. The number of carbonyl (C=O) groups is 4. The predicted molar refractivity (Wildman–Crippen MR) is 188 cm³/mol. The van der Waals surface area contributed by atoms with Crippen molar-refractivity contribution in [3.8, 4) is 5.88 Å². The van der Waals surface area contributed by atoms with Gasteiger partial charge in [0.05, 0.1) is 22.9 Å². The first-order valence-corrected chi connectivity index (χ1v) is 19.4. The Bertz CT molecular complexity index is 2110. The second-order valence-electron chi connectivity index (χ2n) is 14.2. The van der Waals surface area contributed by atoms with Crippen molar-refractivity contribution < 1.29 is 41.1 Å². The molecule has 0 radical (unpaired) electrons. The van der Waals surface area contributed by atoms with E-state index in [9.17, 15) is 36.4 Å². The highest BCUT2D eigenvalue weighted by Gasteiger charge is 2.62. The lowest BCUT2D eigenvalue weighted by Gasteiger charge is -2.30. The maximum absolute atomic E-state index is 14.7. The van der Waals surface area contributed by atoms with Gasteiger partial charge in [-0.25, -0.2) is 27.2 Å². The van der Waals surface area contributed by atoms with E-state index in [1.54, 1.807) is 13.0 Å². The molecule has 3 N–H and O–H groups in total. The van der Waals surface area contributed by atoms with Gasteiger partial charge in [0, 0.05) is 12.3 Å². The second-order valence-corrected chi connectivity index (χ2v) is 16.2. The lowest BCUT2D eigenvalue weighted by molar-refractivity contribution is -0.141. The predicted octanol–water partition coefficient (Wildman–Crippen LogP) is 3.37. The van der Waals surface area contributed by atoms with Crippen LogP contribution in [-0.4, -0.2) is 82.4 Å². The van der Waals surface area contributed by atoms with Crippen LogP contribution >= 0.6 is 0 Å². The van der Waals surface area contributed by atoms with Crippen LogP contribution in [0.25, 0.3) is 11.0 Å². The fourth-order valence-corrected chi connectivity index (χ4v) is 8.48. The van der Waals surface area contributed by atoms with Crippen molar-refractivity contribution in [3.63, 3.8) is 0 Å². The average Bonchev–Trinajstić information content (AvgIpc) is 4.04. The van der Waals surface area contributed by atoms with E-state index in [1.165, 1.54) is 35.2 Å². The number of nitrogens with one attached hydrogen (secondary N) is 3. The van der Waals surface area contributed by atoms with Gasteiger partial charge in [-0.05, 0) is 69.7 Å². The molecule has 16 heteroatoms. The minimum absolute atomic E-state index is 0.00105. The Labute approximate surface area is 305 Å². The van der Waals surface area contributed by atoms with Gasteiger partial charge in [-0.1, -0.05) is 43.2 Å². The van der Waals surface area contributed by atoms with Gasteiger partial charge in [-0.2, -0.15) is 0 Å². The minimum atomic E-state index is -3.93. The van der Waals surface area contributed by atoms with E-state index in [0.717, 1.165) is 12.5 Å². The molecule has 4 amide bonds.